The topological polar surface area (TPSA) is 29.3 Å². The maximum absolute atomic E-state index is 5.94. The van der Waals surface area contributed by atoms with Gasteiger partial charge in [0.25, 0.3) is 0 Å². The van der Waals surface area contributed by atoms with Gasteiger partial charge in [-0.1, -0.05) is 12.3 Å². The van der Waals surface area contributed by atoms with Crippen LogP contribution in [0.5, 0.6) is 0 Å². The molecule has 0 bridgehead atoms. The molecule has 0 aromatic heterocycles. The summed E-state index contributed by atoms with van der Waals surface area (Å²) >= 11 is 0. The molecule has 0 aromatic rings. The molecule has 0 aromatic carbocycles. The fraction of sp³-hybridized carbons (Fsp3) is 0.818. The van der Waals surface area contributed by atoms with Crippen LogP contribution in [0, 0.1) is 11.8 Å². The van der Waals surface area contributed by atoms with Crippen molar-refractivity contribution in [1.29, 1.82) is 0 Å². The molecule has 0 saturated carbocycles. The monoisotopic (exact) mass is 180 g/mol. The van der Waals surface area contributed by atoms with E-state index < -0.39 is 0 Å². The van der Waals surface area contributed by atoms with Crippen molar-refractivity contribution < 1.29 is 0 Å². The molecule has 2 heteroatoms. The first-order chi connectivity index (χ1) is 6.25. The van der Waals surface area contributed by atoms with Crippen LogP contribution in [0.4, 0.5) is 0 Å². The van der Waals surface area contributed by atoms with Crippen molar-refractivity contribution in [3.63, 3.8) is 0 Å². The number of nitrogens with zero attached hydrogens (tertiary/aromatic N) is 1. The van der Waals surface area contributed by atoms with Crippen molar-refractivity contribution in [1.82, 2.24) is 4.90 Å². The standard InChI is InChI=1S/C11H20N2/c1-3-4-8-13-9-6-5-7-11(13)10(2)12/h10-11H,5-9,12H2,1-2H3. The van der Waals surface area contributed by atoms with Gasteiger partial charge in [0.1, 0.15) is 0 Å². The third kappa shape index (κ3) is 3.02. The van der Waals surface area contributed by atoms with E-state index in [1.54, 1.807) is 0 Å². The first-order valence-corrected chi connectivity index (χ1v) is 5.15. The second kappa shape index (κ2) is 5.26. The number of likely N-dealkylation sites (tertiary alicyclic amines) is 1. The summed E-state index contributed by atoms with van der Waals surface area (Å²) in [5, 5.41) is 0. The first kappa shape index (κ1) is 10.6. The van der Waals surface area contributed by atoms with Crippen LogP contribution < -0.4 is 5.73 Å². The summed E-state index contributed by atoms with van der Waals surface area (Å²) in [4.78, 5) is 2.42. The Balaban J connectivity index is 2.49. The van der Waals surface area contributed by atoms with Gasteiger partial charge in [-0.15, -0.1) is 5.92 Å². The lowest BCUT2D eigenvalue weighted by molar-refractivity contribution is 0.149. The molecule has 2 unspecified atom stereocenters. The highest BCUT2D eigenvalue weighted by Gasteiger charge is 2.24. The minimum Gasteiger partial charge on any atom is -0.327 e. The summed E-state index contributed by atoms with van der Waals surface area (Å²) in [5.41, 5.74) is 5.94. The Morgan fingerprint density at radius 2 is 2.31 bits per heavy atom. The Morgan fingerprint density at radius 1 is 1.54 bits per heavy atom. The summed E-state index contributed by atoms with van der Waals surface area (Å²) in [6.07, 6.45) is 3.86. The van der Waals surface area contributed by atoms with E-state index in [4.69, 9.17) is 5.73 Å². The highest BCUT2D eigenvalue weighted by atomic mass is 15.2. The molecule has 0 spiro atoms. The molecular weight excluding hydrogens is 160 g/mol. The van der Waals surface area contributed by atoms with Gasteiger partial charge in [0.05, 0.1) is 6.54 Å². The van der Waals surface area contributed by atoms with E-state index in [0.29, 0.717) is 6.04 Å². The van der Waals surface area contributed by atoms with E-state index in [9.17, 15) is 0 Å². The molecule has 1 rings (SSSR count). The molecule has 2 atom stereocenters. The quantitative estimate of drug-likeness (QED) is 0.647. The average molecular weight is 180 g/mol. The molecule has 1 aliphatic rings. The molecule has 0 aliphatic carbocycles. The zero-order valence-corrected chi connectivity index (χ0v) is 8.71. The average Bonchev–Trinajstić information content (AvgIpc) is 2.15. The Hall–Kier alpha value is -0.520. The fourth-order valence-corrected chi connectivity index (χ4v) is 1.99. The van der Waals surface area contributed by atoms with Gasteiger partial charge in [0, 0.05) is 12.1 Å². The highest BCUT2D eigenvalue weighted by Crippen LogP contribution is 2.18. The number of hydrogen-bond donors (Lipinski definition) is 1. The van der Waals surface area contributed by atoms with Crippen molar-refractivity contribution in [2.24, 2.45) is 5.73 Å². The van der Waals surface area contributed by atoms with Crippen LogP contribution in [-0.2, 0) is 0 Å². The summed E-state index contributed by atoms with van der Waals surface area (Å²) in [6.45, 7) is 6.05. The SMILES string of the molecule is CC#CCN1CCCCC1C(C)N. The molecule has 2 N–H and O–H groups in total. The van der Waals surface area contributed by atoms with Crippen LogP contribution in [0.15, 0.2) is 0 Å². The minimum absolute atomic E-state index is 0.277. The zero-order valence-electron chi connectivity index (χ0n) is 8.71. The molecule has 0 radical (unpaired) electrons. The predicted octanol–water partition coefficient (Wildman–Crippen LogP) is 1.21. The molecule has 1 aliphatic heterocycles. The van der Waals surface area contributed by atoms with Gasteiger partial charge < -0.3 is 5.73 Å². The first-order valence-electron chi connectivity index (χ1n) is 5.15. The smallest absolute Gasteiger partial charge is 0.0604 e. The van der Waals surface area contributed by atoms with Gasteiger partial charge in [0.2, 0.25) is 0 Å². The van der Waals surface area contributed by atoms with E-state index in [0.717, 1.165) is 6.54 Å². The summed E-state index contributed by atoms with van der Waals surface area (Å²) in [6, 6.07) is 0.827. The number of rotatable bonds is 2. The lowest BCUT2D eigenvalue weighted by Gasteiger charge is -2.36. The van der Waals surface area contributed by atoms with Crippen molar-refractivity contribution in [3.8, 4) is 11.8 Å². The molecule has 1 saturated heterocycles. The van der Waals surface area contributed by atoms with Crippen molar-refractivity contribution in [3.05, 3.63) is 0 Å². The van der Waals surface area contributed by atoms with Crippen LogP contribution in [0.2, 0.25) is 0 Å². The summed E-state index contributed by atoms with van der Waals surface area (Å²) < 4.78 is 0. The second-order valence-electron chi connectivity index (χ2n) is 3.82. The second-order valence-corrected chi connectivity index (χ2v) is 3.82. The van der Waals surface area contributed by atoms with Crippen LogP contribution in [0.25, 0.3) is 0 Å². The van der Waals surface area contributed by atoms with Crippen LogP contribution >= 0.6 is 0 Å². The Kier molecular flexibility index (Phi) is 4.27. The van der Waals surface area contributed by atoms with Crippen molar-refractivity contribution in [2.45, 2.75) is 45.2 Å². The third-order valence-electron chi connectivity index (χ3n) is 2.73. The van der Waals surface area contributed by atoms with Crippen LogP contribution in [0.1, 0.15) is 33.1 Å². The van der Waals surface area contributed by atoms with Gasteiger partial charge in [-0.05, 0) is 33.2 Å². The molecule has 13 heavy (non-hydrogen) atoms. The molecule has 1 fully saturated rings. The van der Waals surface area contributed by atoms with Gasteiger partial charge in [-0.25, -0.2) is 0 Å². The summed E-state index contributed by atoms with van der Waals surface area (Å²) in [5.74, 6) is 6.07. The maximum atomic E-state index is 5.94. The molecular formula is C11H20N2. The lowest BCUT2D eigenvalue weighted by Crippen LogP contribution is -2.49. The van der Waals surface area contributed by atoms with Gasteiger partial charge >= 0.3 is 0 Å². The molecule has 74 valence electrons. The molecule has 2 nitrogen and oxygen atoms in total. The number of hydrogen-bond acceptors (Lipinski definition) is 2. The van der Waals surface area contributed by atoms with Gasteiger partial charge in [-0.3, -0.25) is 4.90 Å². The van der Waals surface area contributed by atoms with E-state index in [1.165, 1.54) is 25.8 Å². The number of nitrogens with two attached hydrogens (primary N) is 1. The van der Waals surface area contributed by atoms with E-state index in [2.05, 4.69) is 23.7 Å². The zero-order chi connectivity index (χ0) is 9.68. The van der Waals surface area contributed by atoms with Crippen LogP contribution in [0.3, 0.4) is 0 Å². The van der Waals surface area contributed by atoms with E-state index >= 15 is 0 Å². The van der Waals surface area contributed by atoms with Crippen LogP contribution in [-0.4, -0.2) is 30.1 Å². The largest absolute Gasteiger partial charge is 0.327 e. The van der Waals surface area contributed by atoms with Crippen molar-refractivity contribution in [2.75, 3.05) is 13.1 Å². The Bertz CT molecular complexity index is 200. The predicted molar refractivity (Wildman–Crippen MR) is 56.3 cm³/mol. The Morgan fingerprint density at radius 3 is 2.92 bits per heavy atom. The van der Waals surface area contributed by atoms with E-state index in [1.807, 2.05) is 6.92 Å². The van der Waals surface area contributed by atoms with Gasteiger partial charge in [0.15, 0.2) is 0 Å². The third-order valence-corrected chi connectivity index (χ3v) is 2.73. The maximum Gasteiger partial charge on any atom is 0.0604 e. The van der Waals surface area contributed by atoms with Crippen molar-refractivity contribution >= 4 is 0 Å². The fourth-order valence-electron chi connectivity index (χ4n) is 1.99. The van der Waals surface area contributed by atoms with E-state index in [-0.39, 0.29) is 6.04 Å². The minimum atomic E-state index is 0.277. The normalized spacial score (nSPS) is 26.2. The molecule has 1 heterocycles. The number of piperidine rings is 1. The highest BCUT2D eigenvalue weighted by molar-refractivity contribution is 5.00. The Labute approximate surface area is 81.5 Å². The summed E-state index contributed by atoms with van der Waals surface area (Å²) in [7, 11) is 0. The van der Waals surface area contributed by atoms with Gasteiger partial charge in [-0.2, -0.15) is 0 Å². The molecule has 0 amide bonds. The lowest BCUT2D eigenvalue weighted by atomic mass is 9.97.